The number of sulfonamides is 1. The normalized spacial score (nSPS) is 19.9. The number of hydrogen-bond donors (Lipinski definition) is 1. The smallest absolute Gasteiger partial charge is 0.338 e. The number of hydrogen-bond acceptors (Lipinski definition) is 5. The zero-order chi connectivity index (χ0) is 20.9. The first-order valence-electron chi connectivity index (χ1n) is 10.6. The molecule has 1 aliphatic carbocycles. The van der Waals surface area contributed by atoms with Gasteiger partial charge < -0.3 is 9.64 Å². The van der Waals surface area contributed by atoms with Crippen molar-refractivity contribution in [3.63, 3.8) is 0 Å². The fraction of sp³-hybridized carbons (Fsp3) is 0.667. The average molecular weight is 487 g/mol. The van der Waals surface area contributed by atoms with Gasteiger partial charge in [0, 0.05) is 17.1 Å². The van der Waals surface area contributed by atoms with E-state index in [-0.39, 0.29) is 17.5 Å². The van der Waals surface area contributed by atoms with E-state index in [4.69, 9.17) is 4.74 Å². The third kappa shape index (κ3) is 6.26. The Hall–Kier alpha value is -0.960. The topological polar surface area (TPSA) is 75.7 Å². The van der Waals surface area contributed by atoms with Gasteiger partial charge >= 0.3 is 5.97 Å². The average Bonchev–Trinajstić information content (AvgIpc) is 2.70. The van der Waals surface area contributed by atoms with Gasteiger partial charge in [-0.1, -0.05) is 19.3 Å². The van der Waals surface area contributed by atoms with Crippen molar-refractivity contribution in [2.45, 2.75) is 62.8 Å². The molecule has 0 radical (unpaired) electrons. The molecule has 162 valence electrons. The number of carbonyl (C=O) groups excluding carboxylic acids is 1. The van der Waals surface area contributed by atoms with E-state index in [1.807, 2.05) is 0 Å². The minimum atomic E-state index is -3.66. The van der Waals surface area contributed by atoms with Gasteiger partial charge in [0.15, 0.2) is 0 Å². The van der Waals surface area contributed by atoms with E-state index in [0.29, 0.717) is 10.0 Å². The minimum Gasteiger partial charge on any atom is -0.462 e. The second-order valence-electron chi connectivity index (χ2n) is 8.07. The first-order chi connectivity index (χ1) is 13.9. The number of ether oxygens (including phenoxy) is 1. The summed E-state index contributed by atoms with van der Waals surface area (Å²) in [6.07, 6.45) is 8.39. The van der Waals surface area contributed by atoms with Crippen LogP contribution in [0.1, 0.15) is 62.2 Å². The third-order valence-electron chi connectivity index (χ3n) is 5.88. The van der Waals surface area contributed by atoms with E-state index in [2.05, 4.69) is 25.6 Å². The molecule has 6 nitrogen and oxygen atoms in total. The first kappa shape index (κ1) is 22.7. The van der Waals surface area contributed by atoms with Gasteiger partial charge in [-0.25, -0.2) is 17.9 Å². The number of likely N-dealkylation sites (tertiary alicyclic amines) is 1. The molecular formula is C21H31BrN2O4S. The number of carbonyl (C=O) groups is 1. The largest absolute Gasteiger partial charge is 0.462 e. The minimum absolute atomic E-state index is 0.0563. The van der Waals surface area contributed by atoms with Crippen LogP contribution in [0.25, 0.3) is 0 Å². The molecule has 1 aliphatic heterocycles. The molecule has 0 bridgehead atoms. The summed E-state index contributed by atoms with van der Waals surface area (Å²) >= 11 is 3.30. The number of esters is 1. The van der Waals surface area contributed by atoms with E-state index in [1.54, 1.807) is 6.92 Å². The molecule has 0 unspecified atom stereocenters. The monoisotopic (exact) mass is 486 g/mol. The molecule has 0 amide bonds. The summed E-state index contributed by atoms with van der Waals surface area (Å²) in [6, 6.07) is 4.39. The number of benzene rings is 1. The highest BCUT2D eigenvalue weighted by Gasteiger charge is 2.27. The van der Waals surface area contributed by atoms with E-state index in [0.717, 1.165) is 38.4 Å². The number of piperidine rings is 1. The van der Waals surface area contributed by atoms with E-state index < -0.39 is 16.0 Å². The van der Waals surface area contributed by atoms with Crippen molar-refractivity contribution in [3.8, 4) is 0 Å². The number of nitrogens with one attached hydrogen (secondary N) is 1. The lowest BCUT2D eigenvalue weighted by Crippen LogP contribution is -2.45. The quantitative estimate of drug-likeness (QED) is 0.590. The predicted octanol–water partition coefficient (Wildman–Crippen LogP) is 3.95. The van der Waals surface area contributed by atoms with Crippen molar-refractivity contribution in [2.24, 2.45) is 5.92 Å². The Kier molecular flexibility index (Phi) is 8.13. The molecule has 1 saturated heterocycles. The fourth-order valence-electron chi connectivity index (χ4n) is 4.31. The summed E-state index contributed by atoms with van der Waals surface area (Å²) in [5.41, 5.74) is 0.327. The molecule has 0 spiro atoms. The van der Waals surface area contributed by atoms with Gasteiger partial charge in [0.25, 0.3) is 0 Å². The van der Waals surface area contributed by atoms with Crippen molar-refractivity contribution in [1.82, 2.24) is 9.62 Å². The maximum Gasteiger partial charge on any atom is 0.338 e. The Bertz CT molecular complexity index is 801. The van der Waals surface area contributed by atoms with Crippen LogP contribution in [0.2, 0.25) is 0 Å². The molecule has 29 heavy (non-hydrogen) atoms. The number of nitrogens with zero attached hydrogens (tertiary/aromatic N) is 1. The SMILES string of the molecule is CCOC(=O)c1ccc(S(=O)(=O)NC2CCN(CC3CCCCC3)CC2)c(Br)c1. The highest BCUT2D eigenvalue weighted by atomic mass is 79.9. The number of halogens is 1. The van der Waals surface area contributed by atoms with Crippen LogP contribution in [0.4, 0.5) is 0 Å². The Balaban J connectivity index is 1.55. The highest BCUT2D eigenvalue weighted by molar-refractivity contribution is 9.10. The summed E-state index contributed by atoms with van der Waals surface area (Å²) in [4.78, 5) is 14.5. The van der Waals surface area contributed by atoms with E-state index >= 15 is 0 Å². The highest BCUT2D eigenvalue weighted by Crippen LogP contribution is 2.27. The summed E-state index contributed by atoms with van der Waals surface area (Å²) < 4.78 is 33.9. The fourth-order valence-corrected chi connectivity index (χ4v) is 6.69. The molecule has 0 aromatic heterocycles. The van der Waals surface area contributed by atoms with E-state index in [1.165, 1.54) is 50.3 Å². The third-order valence-corrected chi connectivity index (χ3v) is 8.38. The van der Waals surface area contributed by atoms with Gasteiger partial charge in [-0.15, -0.1) is 0 Å². The van der Waals surface area contributed by atoms with E-state index in [9.17, 15) is 13.2 Å². The summed E-state index contributed by atoms with van der Waals surface area (Å²) in [5.74, 6) is 0.348. The second kappa shape index (κ2) is 10.4. The predicted molar refractivity (Wildman–Crippen MR) is 116 cm³/mol. The van der Waals surface area contributed by atoms with Crippen molar-refractivity contribution >= 4 is 31.9 Å². The second-order valence-corrected chi connectivity index (χ2v) is 10.6. The van der Waals surface area contributed by atoms with Crippen molar-refractivity contribution in [1.29, 1.82) is 0 Å². The van der Waals surface area contributed by atoms with Crippen LogP contribution < -0.4 is 4.72 Å². The maximum atomic E-state index is 12.9. The summed E-state index contributed by atoms with van der Waals surface area (Å²) in [7, 11) is -3.66. The van der Waals surface area contributed by atoms with Crippen molar-refractivity contribution in [2.75, 3.05) is 26.2 Å². The molecule has 2 fully saturated rings. The van der Waals surface area contributed by atoms with Gasteiger partial charge in [-0.3, -0.25) is 0 Å². The lowest BCUT2D eigenvalue weighted by atomic mass is 9.88. The zero-order valence-corrected chi connectivity index (χ0v) is 19.4. The Labute approximate surface area is 182 Å². The van der Waals surface area contributed by atoms with Crippen LogP contribution in [0, 0.1) is 5.92 Å². The van der Waals surface area contributed by atoms with Crippen molar-refractivity contribution < 1.29 is 17.9 Å². The molecular weight excluding hydrogens is 456 g/mol. The molecule has 1 saturated carbocycles. The lowest BCUT2D eigenvalue weighted by Gasteiger charge is -2.35. The Morgan fingerprint density at radius 2 is 1.86 bits per heavy atom. The summed E-state index contributed by atoms with van der Waals surface area (Å²) in [6.45, 7) is 5.04. The molecule has 1 heterocycles. The maximum absolute atomic E-state index is 12.9. The molecule has 0 atom stereocenters. The molecule has 1 N–H and O–H groups in total. The molecule has 3 rings (SSSR count). The van der Waals surface area contributed by atoms with Crippen LogP contribution in [-0.4, -0.2) is 51.6 Å². The lowest BCUT2D eigenvalue weighted by molar-refractivity contribution is 0.0526. The van der Waals surface area contributed by atoms with Crippen LogP contribution >= 0.6 is 15.9 Å². The van der Waals surface area contributed by atoms with Crippen LogP contribution in [0.3, 0.4) is 0 Å². The molecule has 2 aliphatic rings. The summed E-state index contributed by atoms with van der Waals surface area (Å²) in [5, 5.41) is 0. The van der Waals surface area contributed by atoms with Gasteiger partial charge in [0.2, 0.25) is 10.0 Å². The van der Waals surface area contributed by atoms with Crippen LogP contribution in [-0.2, 0) is 14.8 Å². The van der Waals surface area contributed by atoms with Crippen molar-refractivity contribution in [3.05, 3.63) is 28.2 Å². The molecule has 1 aromatic rings. The van der Waals surface area contributed by atoms with Gasteiger partial charge in [0.05, 0.1) is 17.1 Å². The standard InChI is InChI=1S/C21H31BrN2O4S/c1-2-28-21(25)17-8-9-20(19(22)14-17)29(26,27)23-18-10-12-24(13-11-18)15-16-6-4-3-5-7-16/h8-9,14,16,18,23H,2-7,10-13,15H2,1H3. The van der Waals surface area contributed by atoms with Gasteiger partial charge in [-0.05, 0) is 85.7 Å². The Morgan fingerprint density at radius 1 is 1.17 bits per heavy atom. The first-order valence-corrected chi connectivity index (χ1v) is 12.9. The van der Waals surface area contributed by atoms with Gasteiger partial charge in [-0.2, -0.15) is 0 Å². The number of rotatable bonds is 7. The van der Waals surface area contributed by atoms with Gasteiger partial charge in [0.1, 0.15) is 0 Å². The Morgan fingerprint density at radius 3 is 2.48 bits per heavy atom. The zero-order valence-electron chi connectivity index (χ0n) is 17.0. The van der Waals surface area contributed by atoms with Crippen LogP contribution in [0.5, 0.6) is 0 Å². The molecule has 8 heteroatoms. The van der Waals surface area contributed by atoms with Crippen LogP contribution in [0.15, 0.2) is 27.6 Å². The molecule has 1 aromatic carbocycles.